The summed E-state index contributed by atoms with van der Waals surface area (Å²) in [5.41, 5.74) is 0. The molecule has 0 rings (SSSR count). The molecular weight excluding hydrogens is 857 g/mol. The van der Waals surface area contributed by atoms with Crippen molar-refractivity contribution in [1.82, 2.24) is 10.6 Å². The first-order valence-electron chi connectivity index (χ1n) is 30.6. The predicted molar refractivity (Wildman–Crippen MR) is 299 cm³/mol. The maximum absolute atomic E-state index is 12.4. The van der Waals surface area contributed by atoms with Gasteiger partial charge in [0.05, 0.1) is 37.5 Å². The van der Waals surface area contributed by atoms with Crippen LogP contribution in [0.2, 0.25) is 0 Å². The van der Waals surface area contributed by atoms with Crippen molar-refractivity contribution >= 4 is 12.3 Å². The van der Waals surface area contributed by atoms with Gasteiger partial charge in [-0.1, -0.05) is 309 Å². The first kappa shape index (κ1) is 69.6. The number of unbranched alkanes of at least 4 members (excludes halogenated alkanes) is 43. The molecule has 0 aromatic heterocycles. The van der Waals surface area contributed by atoms with Gasteiger partial charge in [-0.2, -0.15) is 0 Å². The van der Waals surface area contributed by atoms with Gasteiger partial charge in [-0.15, -0.1) is 0 Å². The number of allylic oxidation sites excluding steroid dienone is 1. The molecule has 69 heavy (non-hydrogen) atoms. The third kappa shape index (κ3) is 55.7. The topological polar surface area (TPSA) is 139 Å². The van der Waals surface area contributed by atoms with Crippen LogP contribution < -0.4 is 10.6 Å². The van der Waals surface area contributed by atoms with Crippen LogP contribution in [0.25, 0.3) is 0 Å². The van der Waals surface area contributed by atoms with Crippen molar-refractivity contribution in [2.75, 3.05) is 13.2 Å². The Kier molecular flexibility index (Phi) is 61.3. The van der Waals surface area contributed by atoms with E-state index >= 15 is 0 Å². The number of amides is 2. The molecule has 0 radical (unpaired) electrons. The van der Waals surface area contributed by atoms with Gasteiger partial charge in [0, 0.05) is 6.42 Å². The van der Waals surface area contributed by atoms with Crippen LogP contribution in [0.1, 0.15) is 329 Å². The molecule has 412 valence electrons. The molecule has 0 spiro atoms. The Labute approximate surface area is 430 Å². The van der Waals surface area contributed by atoms with Crippen molar-refractivity contribution in [3.8, 4) is 0 Å². The van der Waals surface area contributed by atoms with Gasteiger partial charge in [0.25, 0.3) is 0 Å². The second-order valence-corrected chi connectivity index (χ2v) is 21.1. The van der Waals surface area contributed by atoms with E-state index in [1.54, 1.807) is 6.08 Å². The quantitative estimate of drug-likeness (QED) is 0.0204. The summed E-state index contributed by atoms with van der Waals surface area (Å²) in [6.45, 7) is 6.37. The minimum Gasteiger partial charge on any atom is -0.394 e. The van der Waals surface area contributed by atoms with Crippen molar-refractivity contribution in [1.29, 1.82) is 0 Å². The highest BCUT2D eigenvalue weighted by Crippen LogP contribution is 2.18. The Morgan fingerprint density at radius 2 is 0.696 bits per heavy atom. The summed E-state index contributed by atoms with van der Waals surface area (Å²) in [6, 6.07) is -1.14. The molecule has 0 heterocycles. The lowest BCUT2D eigenvalue weighted by atomic mass is 10.0. The molecule has 6 N–H and O–H groups in total. The van der Waals surface area contributed by atoms with Gasteiger partial charge >= 0.3 is 0 Å². The molecule has 0 aromatic rings. The highest BCUT2D eigenvalue weighted by atomic mass is 16.3. The summed E-state index contributed by atoms with van der Waals surface area (Å²) in [4.78, 5) is 22.7. The minimum absolute atomic E-state index is 0.0266. The van der Waals surface area contributed by atoms with Gasteiger partial charge in [-0.05, 0) is 25.7 Å². The molecule has 0 aromatic carbocycles. The molecule has 4 atom stereocenters. The predicted octanol–water partition coefficient (Wildman–Crippen LogP) is 16.6. The Balaban J connectivity index is 0. The normalized spacial score (nSPS) is 13.3. The van der Waals surface area contributed by atoms with Crippen LogP contribution in [0.15, 0.2) is 12.2 Å². The lowest BCUT2D eigenvalue weighted by molar-refractivity contribution is -0.123. The van der Waals surface area contributed by atoms with Crippen LogP contribution in [0.4, 0.5) is 0 Å². The van der Waals surface area contributed by atoms with E-state index in [1.807, 2.05) is 6.08 Å². The number of rotatable bonds is 56. The molecule has 0 aliphatic heterocycles. The second kappa shape index (κ2) is 60.8. The first-order chi connectivity index (χ1) is 33.9. The summed E-state index contributed by atoms with van der Waals surface area (Å²) in [7, 11) is 0. The number of carbonyl (C=O) groups is 2. The van der Waals surface area contributed by atoms with Crippen LogP contribution in [0, 0.1) is 0 Å². The van der Waals surface area contributed by atoms with Crippen LogP contribution in [0.3, 0.4) is 0 Å². The maximum atomic E-state index is 12.4. The monoisotopic (exact) mass is 979 g/mol. The molecule has 0 aliphatic rings. The van der Waals surface area contributed by atoms with Crippen molar-refractivity contribution in [2.24, 2.45) is 0 Å². The molecule has 0 bridgehead atoms. The van der Waals surface area contributed by atoms with E-state index in [1.165, 1.54) is 257 Å². The van der Waals surface area contributed by atoms with Crippen LogP contribution in [-0.2, 0) is 9.59 Å². The van der Waals surface area contributed by atoms with Crippen LogP contribution in [0.5, 0.6) is 0 Å². The Hall–Kier alpha value is -1.48. The van der Waals surface area contributed by atoms with E-state index < -0.39 is 24.3 Å². The van der Waals surface area contributed by atoms with Crippen molar-refractivity contribution in [2.45, 2.75) is 353 Å². The Morgan fingerprint density at radius 3 is 1.00 bits per heavy atom. The Bertz CT molecular complexity index is 1010. The fourth-order valence-corrected chi connectivity index (χ4v) is 9.48. The zero-order chi connectivity index (χ0) is 50.8. The first-order valence-corrected chi connectivity index (χ1v) is 30.6. The van der Waals surface area contributed by atoms with E-state index in [0.29, 0.717) is 19.3 Å². The summed E-state index contributed by atoms with van der Waals surface area (Å²) < 4.78 is 0. The van der Waals surface area contributed by atoms with Crippen molar-refractivity contribution in [3.05, 3.63) is 12.2 Å². The molecule has 8 nitrogen and oxygen atoms in total. The number of aliphatic hydroxyl groups is 4. The number of aliphatic hydroxyl groups excluding tert-OH is 4. The van der Waals surface area contributed by atoms with Crippen molar-refractivity contribution < 1.29 is 30.0 Å². The zero-order valence-corrected chi connectivity index (χ0v) is 46.5. The number of hydrogen-bond acceptors (Lipinski definition) is 6. The molecule has 0 unspecified atom stereocenters. The van der Waals surface area contributed by atoms with Gasteiger partial charge in [0.1, 0.15) is 0 Å². The van der Waals surface area contributed by atoms with Gasteiger partial charge in [0.15, 0.2) is 0 Å². The fourth-order valence-electron chi connectivity index (χ4n) is 9.48. The standard InChI is InChI=1S/C42H85NO3.C19H37NO3/c1-3-5-7-9-11-13-15-17-18-19-20-21-22-23-24-26-28-30-32-34-36-38-42(46)43-40(39-44)41(45)37-35-33-31-29-27-25-16-14-12-10-8-6-4-2;1-2-3-4-5-6-7-8-9-10-11-12-13-14-15-19(23)18(16-21)20-17-22/h40-41,44-45H,3-39H2,1-2H3,(H,43,46);14-15,17-19,21,23H,2-13,16H2,1H3,(H,20,22)/b;15-14+/t40-,41+;18-,19+/m00/s1. The smallest absolute Gasteiger partial charge is 0.220 e. The van der Waals surface area contributed by atoms with E-state index in [2.05, 4.69) is 31.4 Å². The van der Waals surface area contributed by atoms with Crippen LogP contribution >= 0.6 is 0 Å². The summed E-state index contributed by atoms with van der Waals surface area (Å²) >= 11 is 0. The highest BCUT2D eigenvalue weighted by Gasteiger charge is 2.20. The van der Waals surface area contributed by atoms with E-state index in [-0.39, 0.29) is 19.1 Å². The zero-order valence-electron chi connectivity index (χ0n) is 46.5. The fraction of sp³-hybridized carbons (Fsp3) is 0.934. The average Bonchev–Trinajstić information content (AvgIpc) is 3.35. The van der Waals surface area contributed by atoms with Gasteiger partial charge in [-0.3, -0.25) is 9.59 Å². The molecule has 0 saturated heterocycles. The van der Waals surface area contributed by atoms with Crippen molar-refractivity contribution in [3.63, 3.8) is 0 Å². The minimum atomic E-state index is -0.821. The SMILES string of the molecule is CCCCCCCCCCCCC/C=C/[C@@H](O)[C@H](CO)NC=O.CCCCCCCCCCCCCCCCCCCCCCCC(=O)N[C@@H](CO)[C@H](O)CCCCCCCCCCCCCCC. The summed E-state index contributed by atoms with van der Waals surface area (Å²) in [6.07, 6.45) is 64.8. The highest BCUT2D eigenvalue weighted by molar-refractivity contribution is 5.76. The third-order valence-corrected chi connectivity index (χ3v) is 14.3. The van der Waals surface area contributed by atoms with E-state index in [0.717, 1.165) is 38.5 Å². The third-order valence-electron chi connectivity index (χ3n) is 14.3. The molecular formula is C61H122N2O6. The average molecular weight is 980 g/mol. The van der Waals surface area contributed by atoms with Gasteiger partial charge in [-0.25, -0.2) is 0 Å². The number of carbonyl (C=O) groups excluding carboxylic acids is 2. The molecule has 0 saturated carbocycles. The number of nitrogens with one attached hydrogen (secondary N) is 2. The lowest BCUT2D eigenvalue weighted by Gasteiger charge is -2.22. The summed E-state index contributed by atoms with van der Waals surface area (Å²) in [5.74, 6) is -0.0266. The van der Waals surface area contributed by atoms with Gasteiger partial charge < -0.3 is 31.1 Å². The van der Waals surface area contributed by atoms with Crippen LogP contribution in [-0.4, -0.2) is 70.2 Å². The maximum Gasteiger partial charge on any atom is 0.220 e. The molecule has 0 aliphatic carbocycles. The number of hydrogen-bond donors (Lipinski definition) is 6. The molecule has 2 amide bonds. The molecule has 0 fully saturated rings. The summed E-state index contributed by atoms with van der Waals surface area (Å²) in [5, 5.41) is 44.3. The van der Waals surface area contributed by atoms with Gasteiger partial charge in [0.2, 0.25) is 12.3 Å². The van der Waals surface area contributed by atoms with E-state index in [9.17, 15) is 24.9 Å². The molecule has 8 heteroatoms. The second-order valence-electron chi connectivity index (χ2n) is 21.1. The lowest BCUT2D eigenvalue weighted by Crippen LogP contribution is -2.45. The van der Waals surface area contributed by atoms with E-state index in [4.69, 9.17) is 5.11 Å². The Morgan fingerprint density at radius 1 is 0.406 bits per heavy atom. The largest absolute Gasteiger partial charge is 0.394 e.